The van der Waals surface area contributed by atoms with Gasteiger partial charge in [-0.3, -0.25) is 4.79 Å². The molecule has 3 heterocycles. The highest BCUT2D eigenvalue weighted by atomic mass is 35.5. The van der Waals surface area contributed by atoms with Gasteiger partial charge in [0.15, 0.2) is 0 Å². The quantitative estimate of drug-likeness (QED) is 0.776. The Kier molecular flexibility index (Phi) is 5.07. The Hall–Kier alpha value is -1.57. The smallest absolute Gasteiger partial charge is 0.228 e. The van der Waals surface area contributed by atoms with Crippen molar-refractivity contribution in [1.82, 2.24) is 14.3 Å². The van der Waals surface area contributed by atoms with E-state index in [0.29, 0.717) is 6.42 Å². The summed E-state index contributed by atoms with van der Waals surface area (Å²) in [7, 11) is 0. The third-order valence-corrected chi connectivity index (χ3v) is 7.26. The van der Waals surface area contributed by atoms with Gasteiger partial charge < -0.3 is 10.2 Å². The molecule has 146 valence electrons. The van der Waals surface area contributed by atoms with Crippen molar-refractivity contribution >= 4 is 35.1 Å². The van der Waals surface area contributed by atoms with E-state index in [1.165, 1.54) is 10.5 Å². The number of hydrogen-bond acceptors (Lipinski definition) is 5. The van der Waals surface area contributed by atoms with Crippen LogP contribution in [0.2, 0.25) is 5.02 Å². The molecule has 7 heteroatoms. The molecule has 0 saturated carbocycles. The largest absolute Gasteiger partial charge is 0.325 e. The summed E-state index contributed by atoms with van der Waals surface area (Å²) in [6.45, 7) is 6.24. The normalized spacial score (nSPS) is 20.2. The number of halogens is 1. The molecule has 0 aromatic heterocycles. The second-order valence-electron chi connectivity index (χ2n) is 7.58. The highest BCUT2D eigenvalue weighted by molar-refractivity contribution is 7.97. The van der Waals surface area contributed by atoms with Crippen LogP contribution in [0.5, 0.6) is 0 Å². The fraction of sp³-hybridized carbons (Fsp3) is 0.381. The number of anilines is 1. The topological polar surface area (TPSA) is 38.8 Å². The van der Waals surface area contributed by atoms with Gasteiger partial charge in [-0.15, -0.1) is 0 Å². The summed E-state index contributed by atoms with van der Waals surface area (Å²) in [4.78, 5) is 15.5. The van der Waals surface area contributed by atoms with Gasteiger partial charge in [0.05, 0.1) is 13.0 Å². The Bertz CT molecular complexity index is 888. The number of nitrogens with zero attached hydrogens (tertiary/aromatic N) is 3. The van der Waals surface area contributed by atoms with Gasteiger partial charge in [0.2, 0.25) is 5.91 Å². The van der Waals surface area contributed by atoms with E-state index in [1.807, 2.05) is 18.0 Å². The Morgan fingerprint density at radius 2 is 1.89 bits per heavy atom. The third-order valence-electron chi connectivity index (χ3n) is 5.74. The number of fused-ring (bicyclic) bond motifs is 2. The van der Waals surface area contributed by atoms with Crippen LogP contribution in [0.15, 0.2) is 41.3 Å². The molecular formula is C21H23ClN4OS. The first-order valence-corrected chi connectivity index (χ1v) is 10.9. The van der Waals surface area contributed by atoms with Crippen LogP contribution in [0.3, 0.4) is 0 Å². The molecule has 0 spiro atoms. The molecule has 0 unspecified atom stereocenters. The van der Waals surface area contributed by atoms with Crippen LogP contribution in [0.25, 0.3) is 0 Å². The number of benzene rings is 2. The Balaban J connectivity index is 1.14. The summed E-state index contributed by atoms with van der Waals surface area (Å²) in [6, 6.07) is 12.7. The molecule has 3 aliphatic heterocycles. The van der Waals surface area contributed by atoms with Crippen LogP contribution in [-0.2, 0) is 24.2 Å². The van der Waals surface area contributed by atoms with Gasteiger partial charge >= 0.3 is 0 Å². The molecule has 28 heavy (non-hydrogen) atoms. The van der Waals surface area contributed by atoms with Gasteiger partial charge in [0, 0.05) is 48.3 Å². The molecule has 1 fully saturated rings. The fourth-order valence-corrected chi connectivity index (χ4v) is 5.48. The van der Waals surface area contributed by atoms with E-state index in [2.05, 4.69) is 50.0 Å². The van der Waals surface area contributed by atoms with Crippen molar-refractivity contribution in [1.29, 1.82) is 0 Å². The van der Waals surface area contributed by atoms with Crippen LogP contribution in [0.1, 0.15) is 16.7 Å². The molecule has 2 aromatic carbocycles. The number of piperazine rings is 1. The minimum absolute atomic E-state index is 0.0567. The molecule has 0 aliphatic carbocycles. The molecule has 3 aliphatic rings. The zero-order valence-corrected chi connectivity index (χ0v) is 17.2. The van der Waals surface area contributed by atoms with Crippen LogP contribution in [0.4, 0.5) is 5.69 Å². The number of rotatable bonds is 4. The second-order valence-corrected chi connectivity index (χ2v) is 9.03. The standard InChI is InChI=1S/C21H23ClN4OS/c22-18-13-19-17(12-21(27)23-19)11-15(18)5-6-24-7-9-25(10-8-24)26-14-16-3-1-2-4-20(16)28-26/h1-4,11,13H,5-10,12,14H2,(H,23,27). The molecule has 5 rings (SSSR count). The first-order valence-electron chi connectivity index (χ1n) is 9.77. The molecule has 1 saturated heterocycles. The number of hydrogen-bond donors (Lipinski definition) is 1. The highest BCUT2D eigenvalue weighted by Crippen LogP contribution is 2.37. The molecule has 2 aromatic rings. The summed E-state index contributed by atoms with van der Waals surface area (Å²) in [5.74, 6) is 0.0567. The van der Waals surface area contributed by atoms with Gasteiger partial charge in [0.1, 0.15) is 0 Å². The number of carbonyl (C=O) groups excluding carboxylic acids is 1. The Labute approximate surface area is 174 Å². The predicted octanol–water partition coefficient (Wildman–Crippen LogP) is 3.43. The SMILES string of the molecule is O=C1Cc2cc(CCN3CCN(N4Cc5ccccc5S4)CC3)c(Cl)cc2N1. The molecular weight excluding hydrogens is 392 g/mol. The van der Waals surface area contributed by atoms with Gasteiger partial charge in [0.25, 0.3) is 0 Å². The second kappa shape index (κ2) is 7.69. The first kappa shape index (κ1) is 18.5. The average Bonchev–Trinajstić information content (AvgIpc) is 3.28. The lowest BCUT2D eigenvalue weighted by Gasteiger charge is -2.38. The molecule has 0 atom stereocenters. The van der Waals surface area contributed by atoms with E-state index in [9.17, 15) is 4.79 Å². The summed E-state index contributed by atoms with van der Waals surface area (Å²) < 4.78 is 2.41. The molecule has 0 radical (unpaired) electrons. The summed E-state index contributed by atoms with van der Waals surface area (Å²) >= 11 is 8.30. The third kappa shape index (κ3) is 3.67. The van der Waals surface area contributed by atoms with Crippen molar-refractivity contribution in [2.75, 3.05) is 38.0 Å². The molecule has 0 bridgehead atoms. The molecule has 5 nitrogen and oxygen atoms in total. The van der Waals surface area contributed by atoms with Gasteiger partial charge in [-0.25, -0.2) is 5.01 Å². The van der Waals surface area contributed by atoms with Crippen molar-refractivity contribution in [3.05, 3.63) is 58.1 Å². The summed E-state index contributed by atoms with van der Waals surface area (Å²) in [5.41, 5.74) is 4.51. The lowest BCUT2D eigenvalue weighted by atomic mass is 10.1. The number of amides is 1. The molecule has 1 N–H and O–H groups in total. The van der Waals surface area contributed by atoms with E-state index < -0.39 is 0 Å². The van der Waals surface area contributed by atoms with Crippen molar-refractivity contribution < 1.29 is 4.79 Å². The lowest BCUT2D eigenvalue weighted by molar-refractivity contribution is -0.115. The number of hydrazine groups is 1. The summed E-state index contributed by atoms with van der Waals surface area (Å²) in [5, 5.41) is 6.09. The fourth-order valence-electron chi connectivity index (χ4n) is 4.13. The number of carbonyl (C=O) groups is 1. The van der Waals surface area contributed by atoms with E-state index in [4.69, 9.17) is 11.6 Å². The highest BCUT2D eigenvalue weighted by Gasteiger charge is 2.28. The van der Waals surface area contributed by atoms with Gasteiger partial charge in [-0.1, -0.05) is 35.9 Å². The van der Waals surface area contributed by atoms with E-state index in [-0.39, 0.29) is 5.91 Å². The predicted molar refractivity (Wildman–Crippen MR) is 113 cm³/mol. The number of nitrogens with one attached hydrogen (secondary N) is 1. The molecule has 1 amide bonds. The minimum Gasteiger partial charge on any atom is -0.325 e. The van der Waals surface area contributed by atoms with E-state index >= 15 is 0 Å². The van der Waals surface area contributed by atoms with Crippen LogP contribution >= 0.6 is 23.5 Å². The van der Waals surface area contributed by atoms with Crippen molar-refractivity contribution in [3.63, 3.8) is 0 Å². The van der Waals surface area contributed by atoms with Crippen LogP contribution in [0, 0.1) is 0 Å². The maximum absolute atomic E-state index is 11.6. The van der Waals surface area contributed by atoms with Gasteiger partial charge in [-0.05, 0) is 47.2 Å². The maximum atomic E-state index is 11.6. The minimum atomic E-state index is 0.0567. The summed E-state index contributed by atoms with van der Waals surface area (Å²) in [6.07, 6.45) is 1.39. The van der Waals surface area contributed by atoms with Crippen LogP contribution < -0.4 is 5.32 Å². The van der Waals surface area contributed by atoms with Crippen LogP contribution in [-0.4, -0.2) is 53.0 Å². The maximum Gasteiger partial charge on any atom is 0.228 e. The van der Waals surface area contributed by atoms with Crippen molar-refractivity contribution in [3.8, 4) is 0 Å². The monoisotopic (exact) mass is 414 g/mol. The zero-order valence-electron chi connectivity index (χ0n) is 15.7. The van der Waals surface area contributed by atoms with E-state index in [1.54, 1.807) is 0 Å². The van der Waals surface area contributed by atoms with Crippen molar-refractivity contribution in [2.45, 2.75) is 24.3 Å². The Morgan fingerprint density at radius 3 is 2.71 bits per heavy atom. The average molecular weight is 415 g/mol. The van der Waals surface area contributed by atoms with E-state index in [0.717, 1.165) is 67.5 Å². The lowest BCUT2D eigenvalue weighted by Crippen LogP contribution is -2.51. The zero-order chi connectivity index (χ0) is 19.1. The first-order chi connectivity index (χ1) is 13.7. The van der Waals surface area contributed by atoms with Crippen molar-refractivity contribution in [2.24, 2.45) is 0 Å². The Morgan fingerprint density at radius 1 is 1.07 bits per heavy atom. The van der Waals surface area contributed by atoms with Gasteiger partial charge in [-0.2, -0.15) is 4.41 Å².